The maximum absolute atomic E-state index is 11.3. The number of carbonyl (C=O) groups excluding carboxylic acids is 1. The molecule has 0 spiro atoms. The molecule has 2 aromatic heterocycles. The van der Waals surface area contributed by atoms with E-state index in [9.17, 15) is 9.59 Å². The number of nitrogens with one attached hydrogen (secondary N) is 1. The second-order valence-electron chi connectivity index (χ2n) is 2.85. The quantitative estimate of drug-likeness (QED) is 0.520. The number of H-pyrrole nitrogens is 1. The molecule has 74 valence electrons. The van der Waals surface area contributed by atoms with Gasteiger partial charge in [0.25, 0.3) is 5.56 Å². The fraction of sp³-hybridized carbons (Fsp3) is 0.100. The van der Waals surface area contributed by atoms with E-state index in [0.29, 0.717) is 11.1 Å². The van der Waals surface area contributed by atoms with Crippen LogP contribution in [0.15, 0.2) is 23.4 Å². The van der Waals surface area contributed by atoms with Gasteiger partial charge < -0.3 is 9.78 Å². The van der Waals surface area contributed by atoms with Gasteiger partial charge >= 0.3 is 0 Å². The Kier molecular flexibility index (Phi) is 2.33. The monoisotopic (exact) mass is 201 g/mol. The van der Waals surface area contributed by atoms with Gasteiger partial charge in [-0.15, -0.1) is 0 Å². The van der Waals surface area contributed by atoms with E-state index in [2.05, 4.69) is 21.9 Å². The Morgan fingerprint density at radius 2 is 2.47 bits per heavy atom. The molecule has 2 rings (SSSR count). The van der Waals surface area contributed by atoms with Crippen LogP contribution in [0.25, 0.3) is 5.52 Å². The molecule has 1 N–H and O–H groups in total. The summed E-state index contributed by atoms with van der Waals surface area (Å²) in [7, 11) is 0. The van der Waals surface area contributed by atoms with Gasteiger partial charge in [0.05, 0.1) is 6.42 Å². The predicted octanol–water partition coefficient (Wildman–Crippen LogP) is -0.0369. The molecule has 0 radical (unpaired) electrons. The molecule has 0 amide bonds. The van der Waals surface area contributed by atoms with E-state index >= 15 is 0 Å². The Morgan fingerprint density at radius 1 is 1.60 bits per heavy atom. The summed E-state index contributed by atoms with van der Waals surface area (Å²) >= 11 is 0. The second kappa shape index (κ2) is 3.80. The van der Waals surface area contributed by atoms with E-state index in [1.54, 1.807) is 12.3 Å². The summed E-state index contributed by atoms with van der Waals surface area (Å²) in [6.07, 6.45) is 3.88. The van der Waals surface area contributed by atoms with E-state index in [4.69, 9.17) is 0 Å². The molecule has 0 aliphatic heterocycles. The molecule has 5 heteroatoms. The van der Waals surface area contributed by atoms with Crippen LogP contribution < -0.4 is 5.56 Å². The van der Waals surface area contributed by atoms with E-state index in [1.165, 1.54) is 10.8 Å². The Hall–Kier alpha value is -2.35. The van der Waals surface area contributed by atoms with Crippen molar-refractivity contribution >= 4 is 11.8 Å². The highest BCUT2D eigenvalue weighted by Crippen LogP contribution is 2.01. The summed E-state index contributed by atoms with van der Waals surface area (Å²) < 4.78 is 1.45. The van der Waals surface area contributed by atoms with E-state index in [0.717, 1.165) is 6.29 Å². The highest BCUT2D eigenvalue weighted by Gasteiger charge is 2.00. The molecule has 0 bridgehead atoms. The van der Waals surface area contributed by atoms with Gasteiger partial charge in [0.2, 0.25) is 0 Å². The van der Waals surface area contributed by atoms with Gasteiger partial charge in [0.1, 0.15) is 18.1 Å². The number of hydrogen-bond donors (Lipinski definition) is 1. The number of rotatable bonds is 1. The summed E-state index contributed by atoms with van der Waals surface area (Å²) in [4.78, 5) is 23.8. The first-order valence-electron chi connectivity index (χ1n) is 4.30. The van der Waals surface area contributed by atoms with Crippen molar-refractivity contribution in [2.24, 2.45) is 0 Å². The molecular weight excluding hydrogens is 194 g/mol. The van der Waals surface area contributed by atoms with Crippen LogP contribution in [0.2, 0.25) is 0 Å². The van der Waals surface area contributed by atoms with Crippen molar-refractivity contribution in [3.8, 4) is 11.8 Å². The lowest BCUT2D eigenvalue weighted by atomic mass is 10.3. The van der Waals surface area contributed by atoms with E-state index in [1.807, 2.05) is 0 Å². The Bertz CT molecular complexity index is 613. The van der Waals surface area contributed by atoms with Crippen molar-refractivity contribution in [3.05, 3.63) is 34.5 Å². The third kappa shape index (κ3) is 1.79. The number of nitrogens with zero attached hydrogens (tertiary/aromatic N) is 2. The average Bonchev–Trinajstić information content (AvgIpc) is 2.63. The zero-order chi connectivity index (χ0) is 10.7. The lowest BCUT2D eigenvalue weighted by molar-refractivity contribution is -0.107. The van der Waals surface area contributed by atoms with Crippen molar-refractivity contribution in [2.75, 3.05) is 0 Å². The van der Waals surface area contributed by atoms with Gasteiger partial charge in [0, 0.05) is 11.8 Å². The van der Waals surface area contributed by atoms with Gasteiger partial charge in [-0.3, -0.25) is 4.79 Å². The van der Waals surface area contributed by atoms with Crippen LogP contribution in [0.5, 0.6) is 0 Å². The predicted molar refractivity (Wildman–Crippen MR) is 53.4 cm³/mol. The van der Waals surface area contributed by atoms with Gasteiger partial charge in [-0.1, -0.05) is 11.8 Å². The first-order valence-corrected chi connectivity index (χ1v) is 4.30. The van der Waals surface area contributed by atoms with Crippen LogP contribution in [-0.4, -0.2) is 20.9 Å². The third-order valence-corrected chi connectivity index (χ3v) is 1.83. The van der Waals surface area contributed by atoms with Crippen LogP contribution in [0.1, 0.15) is 12.0 Å². The van der Waals surface area contributed by atoms with Crippen molar-refractivity contribution in [3.63, 3.8) is 0 Å². The fourth-order valence-corrected chi connectivity index (χ4v) is 1.20. The zero-order valence-electron chi connectivity index (χ0n) is 7.73. The van der Waals surface area contributed by atoms with Crippen LogP contribution in [0.4, 0.5) is 0 Å². The minimum absolute atomic E-state index is 0.190. The third-order valence-electron chi connectivity index (χ3n) is 1.83. The number of aldehydes is 1. The van der Waals surface area contributed by atoms with Gasteiger partial charge in [0.15, 0.2) is 0 Å². The summed E-state index contributed by atoms with van der Waals surface area (Å²) in [5.41, 5.74) is 0.891. The fourth-order valence-electron chi connectivity index (χ4n) is 1.20. The molecule has 0 aliphatic carbocycles. The maximum Gasteiger partial charge on any atom is 0.275 e. The van der Waals surface area contributed by atoms with Crippen molar-refractivity contribution in [1.29, 1.82) is 0 Å². The molecular formula is C10H7N3O2. The molecule has 0 unspecified atom stereocenters. The largest absolute Gasteiger partial charge is 0.310 e. The molecule has 0 aromatic carbocycles. The number of aromatic amines is 1. The minimum Gasteiger partial charge on any atom is -0.310 e. The normalized spacial score (nSPS) is 9.60. The van der Waals surface area contributed by atoms with Crippen LogP contribution in [0.3, 0.4) is 0 Å². The number of aromatic nitrogens is 3. The molecule has 5 nitrogen and oxygen atoms in total. The van der Waals surface area contributed by atoms with E-state index in [-0.39, 0.29) is 12.0 Å². The standard InChI is InChI=1S/C10H7N3O2/c14-4-2-1-3-8-5-9-10(15)11-7-12-13(9)6-8/h4-7H,2H2,(H,11,12,15). The van der Waals surface area contributed by atoms with Gasteiger partial charge in [-0.25, -0.2) is 4.52 Å². The first kappa shape index (κ1) is 9.21. The maximum atomic E-state index is 11.3. The first-order chi connectivity index (χ1) is 7.31. The lowest BCUT2D eigenvalue weighted by Crippen LogP contribution is -2.09. The minimum atomic E-state index is -0.214. The van der Waals surface area contributed by atoms with E-state index < -0.39 is 0 Å². The van der Waals surface area contributed by atoms with Crippen LogP contribution in [0, 0.1) is 11.8 Å². The topological polar surface area (TPSA) is 67.2 Å². The number of carbonyl (C=O) groups is 1. The molecule has 0 atom stereocenters. The summed E-state index contributed by atoms with van der Waals surface area (Å²) in [6.45, 7) is 0. The van der Waals surface area contributed by atoms with Gasteiger partial charge in [-0.05, 0) is 6.07 Å². The number of hydrogen-bond acceptors (Lipinski definition) is 3. The van der Waals surface area contributed by atoms with Crippen molar-refractivity contribution < 1.29 is 4.79 Å². The Morgan fingerprint density at radius 3 is 3.20 bits per heavy atom. The molecule has 0 aliphatic rings. The molecule has 0 saturated carbocycles. The Balaban J connectivity index is 2.49. The molecule has 2 aromatic rings. The van der Waals surface area contributed by atoms with Gasteiger partial charge in [-0.2, -0.15) is 5.10 Å². The molecule has 0 saturated heterocycles. The molecule has 0 fully saturated rings. The highest BCUT2D eigenvalue weighted by atomic mass is 16.1. The smallest absolute Gasteiger partial charge is 0.275 e. The second-order valence-corrected chi connectivity index (χ2v) is 2.85. The highest BCUT2D eigenvalue weighted by molar-refractivity contribution is 5.56. The average molecular weight is 201 g/mol. The summed E-state index contributed by atoms with van der Waals surface area (Å²) in [5.74, 6) is 5.43. The summed E-state index contributed by atoms with van der Waals surface area (Å²) in [6, 6.07) is 1.63. The summed E-state index contributed by atoms with van der Waals surface area (Å²) in [5, 5.41) is 3.91. The molecule has 2 heterocycles. The molecule has 15 heavy (non-hydrogen) atoms. The Labute approximate surface area is 84.7 Å². The van der Waals surface area contributed by atoms with Crippen LogP contribution in [-0.2, 0) is 4.79 Å². The SMILES string of the molecule is O=CCC#Cc1cc2c(=O)[nH]cnn2c1. The van der Waals surface area contributed by atoms with Crippen LogP contribution >= 0.6 is 0 Å². The zero-order valence-corrected chi connectivity index (χ0v) is 7.73. The lowest BCUT2D eigenvalue weighted by Gasteiger charge is -1.87. The van der Waals surface area contributed by atoms with Crippen molar-refractivity contribution in [1.82, 2.24) is 14.6 Å². The number of fused-ring (bicyclic) bond motifs is 1. The van der Waals surface area contributed by atoms with Crippen molar-refractivity contribution in [2.45, 2.75) is 6.42 Å².